The highest BCUT2D eigenvalue weighted by Crippen LogP contribution is 2.54. The van der Waals surface area contributed by atoms with Crippen molar-refractivity contribution in [2.75, 3.05) is 20.2 Å². The van der Waals surface area contributed by atoms with Crippen LogP contribution in [0.4, 0.5) is 0 Å². The molecule has 0 unspecified atom stereocenters. The van der Waals surface area contributed by atoms with E-state index in [1.165, 1.54) is 55.2 Å². The fourth-order valence-electron chi connectivity index (χ4n) is 7.54. The third kappa shape index (κ3) is 4.39. The molecule has 2 aromatic carbocycles. The molecule has 6 rings (SSSR count). The Hall–Kier alpha value is -2.92. The fraction of sp³-hybridized carbons (Fsp3) is 0.515. The lowest BCUT2D eigenvalue weighted by atomic mass is 9.59. The van der Waals surface area contributed by atoms with Gasteiger partial charge in [0.25, 0.3) is 0 Å². The van der Waals surface area contributed by atoms with Gasteiger partial charge in [0.05, 0.1) is 12.6 Å². The lowest BCUT2D eigenvalue weighted by Gasteiger charge is -2.53. The number of methoxy groups -OCH3 is 1. The van der Waals surface area contributed by atoms with Crippen molar-refractivity contribution >= 4 is 23.1 Å². The van der Waals surface area contributed by atoms with Crippen LogP contribution in [0.25, 0.3) is 23.1 Å². The largest absolute Gasteiger partial charge is 0.504 e. The second kappa shape index (κ2) is 9.37. The average molecular weight is 515 g/mol. The van der Waals surface area contributed by atoms with Gasteiger partial charge in [-0.15, -0.1) is 0 Å². The van der Waals surface area contributed by atoms with E-state index in [9.17, 15) is 5.11 Å². The molecule has 5 heteroatoms. The fourth-order valence-corrected chi connectivity index (χ4v) is 7.54. The molecule has 38 heavy (non-hydrogen) atoms. The van der Waals surface area contributed by atoms with Crippen molar-refractivity contribution in [3.8, 4) is 17.2 Å². The Labute approximate surface area is 227 Å². The molecule has 1 saturated carbocycles. The highest BCUT2D eigenvalue weighted by atomic mass is 16.5. The number of benzene rings is 2. The van der Waals surface area contributed by atoms with Gasteiger partial charge in [-0.3, -0.25) is 4.90 Å². The molecular formula is C33H42N2O3. The first-order valence-electron chi connectivity index (χ1n) is 14.3. The smallest absolute Gasteiger partial charge is 0.164 e. The molecule has 0 radical (unpaired) electrons. The minimum Gasteiger partial charge on any atom is -0.504 e. The Morgan fingerprint density at radius 3 is 2.50 bits per heavy atom. The summed E-state index contributed by atoms with van der Waals surface area (Å²) < 4.78 is 14.7. The maximum absolute atomic E-state index is 11.0. The van der Waals surface area contributed by atoms with Crippen LogP contribution in [-0.2, 0) is 20.0 Å². The number of phenols is 1. The first-order chi connectivity index (χ1) is 18.2. The monoisotopic (exact) mass is 514 g/mol. The standard InChI is InChI=1S/C33H42N2O3/c1-32(2)11-8-12-33(3)29(32)19-24-15-22(17-27(36)31(24)38-33)9-10-23-16-26-30(28(18-23)37-5)25(20-34(26)4)21-35-13-6-7-14-35/h9-10,15-18,20,29,36H,6-8,11-14,19,21H2,1-5H3/b10-9+/t29-,33-/m1/s1. The Morgan fingerprint density at radius 2 is 1.76 bits per heavy atom. The van der Waals surface area contributed by atoms with Crippen LogP contribution in [0.15, 0.2) is 30.5 Å². The van der Waals surface area contributed by atoms with Gasteiger partial charge in [0.15, 0.2) is 11.5 Å². The average Bonchev–Trinajstić information content (AvgIpc) is 3.50. The molecule has 2 fully saturated rings. The minimum atomic E-state index is -0.210. The second-order valence-corrected chi connectivity index (χ2v) is 12.7. The van der Waals surface area contributed by atoms with Crippen LogP contribution in [0.2, 0.25) is 0 Å². The number of rotatable bonds is 5. The summed E-state index contributed by atoms with van der Waals surface area (Å²) in [5, 5.41) is 12.2. The number of aromatic nitrogens is 1. The summed E-state index contributed by atoms with van der Waals surface area (Å²) >= 11 is 0. The maximum Gasteiger partial charge on any atom is 0.164 e. The predicted octanol–water partition coefficient (Wildman–Crippen LogP) is 7.18. The number of aromatic hydroxyl groups is 1. The Bertz CT molecular complexity index is 1400. The van der Waals surface area contributed by atoms with Gasteiger partial charge in [-0.2, -0.15) is 0 Å². The van der Waals surface area contributed by atoms with Crippen LogP contribution in [0.1, 0.15) is 75.1 Å². The highest BCUT2D eigenvalue weighted by molar-refractivity contribution is 5.92. The zero-order valence-electron chi connectivity index (χ0n) is 23.6. The van der Waals surface area contributed by atoms with E-state index in [0.717, 1.165) is 41.8 Å². The zero-order chi connectivity index (χ0) is 26.7. The number of phenolic OH excluding ortho intramolecular Hbond substituents is 1. The molecule has 5 nitrogen and oxygen atoms in total. The zero-order valence-corrected chi connectivity index (χ0v) is 23.6. The Balaban J connectivity index is 1.31. The lowest BCUT2D eigenvalue weighted by Crippen LogP contribution is -2.53. The molecule has 1 aromatic heterocycles. The molecule has 1 aliphatic carbocycles. The van der Waals surface area contributed by atoms with Gasteiger partial charge in [0.1, 0.15) is 11.4 Å². The molecule has 0 spiro atoms. The van der Waals surface area contributed by atoms with Crippen molar-refractivity contribution < 1.29 is 14.6 Å². The summed E-state index contributed by atoms with van der Waals surface area (Å²) in [6, 6.07) is 8.39. The second-order valence-electron chi connectivity index (χ2n) is 12.7. The van der Waals surface area contributed by atoms with Gasteiger partial charge < -0.3 is 19.1 Å². The number of hydrogen-bond donors (Lipinski definition) is 1. The van der Waals surface area contributed by atoms with Crippen LogP contribution in [-0.4, -0.2) is 40.4 Å². The highest BCUT2D eigenvalue weighted by Gasteiger charge is 2.51. The number of nitrogens with zero attached hydrogens (tertiary/aromatic N) is 2. The van der Waals surface area contributed by atoms with E-state index in [1.54, 1.807) is 7.11 Å². The van der Waals surface area contributed by atoms with E-state index in [0.29, 0.717) is 11.7 Å². The van der Waals surface area contributed by atoms with Gasteiger partial charge in [-0.25, -0.2) is 0 Å². The third-order valence-corrected chi connectivity index (χ3v) is 9.54. The molecular weight excluding hydrogens is 472 g/mol. The van der Waals surface area contributed by atoms with Crippen molar-refractivity contribution in [2.45, 2.75) is 71.4 Å². The molecule has 3 heterocycles. The van der Waals surface area contributed by atoms with E-state index in [4.69, 9.17) is 9.47 Å². The molecule has 2 atom stereocenters. The van der Waals surface area contributed by atoms with Crippen LogP contribution in [0.3, 0.4) is 0 Å². The Kier molecular flexibility index (Phi) is 6.26. The van der Waals surface area contributed by atoms with Crippen LogP contribution in [0.5, 0.6) is 17.2 Å². The van der Waals surface area contributed by atoms with E-state index in [-0.39, 0.29) is 16.8 Å². The van der Waals surface area contributed by atoms with E-state index >= 15 is 0 Å². The summed E-state index contributed by atoms with van der Waals surface area (Å²) in [7, 11) is 3.88. The normalized spacial score (nSPS) is 24.9. The van der Waals surface area contributed by atoms with Crippen LogP contribution < -0.4 is 9.47 Å². The van der Waals surface area contributed by atoms with E-state index in [1.807, 2.05) is 6.07 Å². The maximum atomic E-state index is 11.0. The molecule has 3 aromatic rings. The van der Waals surface area contributed by atoms with Crippen molar-refractivity contribution in [3.05, 3.63) is 52.7 Å². The van der Waals surface area contributed by atoms with Gasteiger partial charge in [0.2, 0.25) is 0 Å². The topological polar surface area (TPSA) is 46.9 Å². The quantitative estimate of drug-likeness (QED) is 0.367. The van der Waals surface area contributed by atoms with Crippen molar-refractivity contribution in [1.82, 2.24) is 9.47 Å². The molecule has 3 aliphatic rings. The summed E-state index contributed by atoms with van der Waals surface area (Å²) in [5.74, 6) is 2.27. The third-order valence-electron chi connectivity index (χ3n) is 9.54. The van der Waals surface area contributed by atoms with E-state index < -0.39 is 0 Å². The number of likely N-dealkylation sites (tertiary alicyclic amines) is 1. The summed E-state index contributed by atoms with van der Waals surface area (Å²) in [5.41, 5.74) is 5.70. The lowest BCUT2D eigenvalue weighted by molar-refractivity contribution is -0.0827. The first kappa shape index (κ1) is 25.4. The van der Waals surface area contributed by atoms with E-state index in [2.05, 4.69) is 73.8 Å². The molecule has 2 aliphatic heterocycles. The minimum absolute atomic E-state index is 0.210. The number of ether oxygens (including phenoxy) is 2. The molecule has 202 valence electrons. The number of aryl methyl sites for hydroxylation is 1. The van der Waals surface area contributed by atoms with Crippen molar-refractivity contribution in [1.29, 1.82) is 0 Å². The molecule has 0 amide bonds. The van der Waals surface area contributed by atoms with Gasteiger partial charge >= 0.3 is 0 Å². The first-order valence-corrected chi connectivity index (χ1v) is 14.3. The Morgan fingerprint density at radius 1 is 1.03 bits per heavy atom. The van der Waals surface area contributed by atoms with Crippen LogP contribution >= 0.6 is 0 Å². The van der Waals surface area contributed by atoms with Gasteiger partial charge in [0, 0.05) is 31.1 Å². The molecule has 1 N–H and O–H groups in total. The van der Waals surface area contributed by atoms with Crippen molar-refractivity contribution in [2.24, 2.45) is 18.4 Å². The van der Waals surface area contributed by atoms with Crippen molar-refractivity contribution in [3.63, 3.8) is 0 Å². The summed E-state index contributed by atoms with van der Waals surface area (Å²) in [6.45, 7) is 10.3. The number of hydrogen-bond acceptors (Lipinski definition) is 4. The summed E-state index contributed by atoms with van der Waals surface area (Å²) in [4.78, 5) is 2.53. The molecule has 0 bridgehead atoms. The SMILES string of the molecule is COc1cc(/C=C/c2cc(O)c3c(c2)C[C@@H]2C(C)(C)CCC[C@@]2(C)O3)cc2c1c(CN1CCCC1)cn2C. The molecule has 1 saturated heterocycles. The van der Waals surface area contributed by atoms with Gasteiger partial charge in [-0.05, 0) is 110 Å². The number of fused-ring (bicyclic) bond motifs is 3. The van der Waals surface area contributed by atoms with Crippen LogP contribution in [0, 0.1) is 11.3 Å². The van der Waals surface area contributed by atoms with Gasteiger partial charge in [-0.1, -0.05) is 26.0 Å². The predicted molar refractivity (Wildman–Crippen MR) is 155 cm³/mol. The summed E-state index contributed by atoms with van der Waals surface area (Å²) in [6.07, 6.45) is 13.4.